The van der Waals surface area contributed by atoms with E-state index in [1.54, 1.807) is 6.33 Å². The number of para-hydroxylation sites is 1. The molecule has 7 nitrogen and oxygen atoms in total. The van der Waals surface area contributed by atoms with E-state index in [1.807, 2.05) is 18.4 Å². The number of halogens is 3. The van der Waals surface area contributed by atoms with Gasteiger partial charge in [-0.15, -0.1) is 10.2 Å². The molecule has 1 aromatic carbocycles. The van der Waals surface area contributed by atoms with Crippen LogP contribution in [0.1, 0.15) is 25.2 Å². The lowest BCUT2D eigenvalue weighted by atomic mass is 10.2. The minimum atomic E-state index is -4.44. The second-order valence-corrected chi connectivity index (χ2v) is 5.82. The monoisotopic (exact) mass is 398 g/mol. The number of hydrogen-bond acceptors (Lipinski definition) is 4. The van der Waals surface area contributed by atoms with E-state index < -0.39 is 11.7 Å². The molecule has 10 heteroatoms. The van der Waals surface area contributed by atoms with Crippen molar-refractivity contribution in [2.75, 3.05) is 26.2 Å². The maximum Gasteiger partial charge on any atom is 0.419 e. The fourth-order valence-corrected chi connectivity index (χ4v) is 2.51. The number of ether oxygens (including phenoxy) is 1. The Labute approximate surface area is 162 Å². The number of aromatic nitrogens is 3. The highest BCUT2D eigenvalue weighted by Crippen LogP contribution is 2.35. The Morgan fingerprint density at radius 1 is 1.21 bits per heavy atom. The lowest BCUT2D eigenvalue weighted by Gasteiger charge is -2.15. The van der Waals surface area contributed by atoms with Crippen molar-refractivity contribution in [2.45, 2.75) is 33.0 Å². The molecule has 0 amide bonds. The van der Waals surface area contributed by atoms with Crippen LogP contribution >= 0.6 is 0 Å². The second kappa shape index (κ2) is 10.5. The first-order chi connectivity index (χ1) is 13.5. The molecular formula is C18H25F3N6O. The minimum Gasteiger partial charge on any atom is -0.491 e. The van der Waals surface area contributed by atoms with Gasteiger partial charge in [0.05, 0.1) is 18.7 Å². The van der Waals surface area contributed by atoms with Gasteiger partial charge in [-0.3, -0.25) is 4.99 Å². The molecule has 2 aromatic rings. The lowest BCUT2D eigenvalue weighted by Crippen LogP contribution is -2.39. The first-order valence-corrected chi connectivity index (χ1v) is 9.13. The Morgan fingerprint density at radius 2 is 2.00 bits per heavy atom. The zero-order chi connectivity index (χ0) is 20.4. The molecule has 0 atom stereocenters. The molecule has 0 bridgehead atoms. The molecule has 0 radical (unpaired) electrons. The molecule has 0 saturated carbocycles. The Bertz CT molecular complexity index is 760. The number of benzene rings is 1. The van der Waals surface area contributed by atoms with Gasteiger partial charge in [0.25, 0.3) is 0 Å². The van der Waals surface area contributed by atoms with Crippen LogP contribution in [-0.2, 0) is 19.1 Å². The summed E-state index contributed by atoms with van der Waals surface area (Å²) in [4.78, 5) is 4.45. The molecule has 28 heavy (non-hydrogen) atoms. The van der Waals surface area contributed by atoms with Gasteiger partial charge >= 0.3 is 6.18 Å². The summed E-state index contributed by atoms with van der Waals surface area (Å²) < 4.78 is 46.1. The van der Waals surface area contributed by atoms with Crippen molar-refractivity contribution in [3.05, 3.63) is 42.0 Å². The molecule has 0 fully saturated rings. The number of guanidine groups is 1. The highest BCUT2D eigenvalue weighted by atomic mass is 19.4. The number of aliphatic imine (C=N–C) groups is 1. The molecule has 0 aliphatic heterocycles. The highest BCUT2D eigenvalue weighted by Gasteiger charge is 2.33. The maximum atomic E-state index is 13.0. The normalized spacial score (nSPS) is 12.1. The molecule has 0 aliphatic carbocycles. The van der Waals surface area contributed by atoms with Crippen LogP contribution in [0.5, 0.6) is 5.75 Å². The Kier molecular flexibility index (Phi) is 8.09. The predicted molar refractivity (Wildman–Crippen MR) is 100 cm³/mol. The summed E-state index contributed by atoms with van der Waals surface area (Å²) in [5.41, 5.74) is -0.781. The lowest BCUT2D eigenvalue weighted by molar-refractivity contribution is -0.138. The molecule has 2 rings (SSSR count). The number of nitrogens with zero attached hydrogens (tertiary/aromatic N) is 4. The first kappa shape index (κ1) is 21.5. The fraction of sp³-hybridized carbons (Fsp3) is 0.500. The van der Waals surface area contributed by atoms with Crippen molar-refractivity contribution in [1.29, 1.82) is 0 Å². The Hall–Kier alpha value is -2.78. The van der Waals surface area contributed by atoms with Crippen molar-refractivity contribution < 1.29 is 17.9 Å². The van der Waals surface area contributed by atoms with Gasteiger partial charge in [0.1, 0.15) is 24.5 Å². The molecule has 1 heterocycles. The summed E-state index contributed by atoms with van der Waals surface area (Å²) in [7, 11) is 0. The van der Waals surface area contributed by atoms with Crippen LogP contribution in [0.4, 0.5) is 13.2 Å². The summed E-state index contributed by atoms with van der Waals surface area (Å²) in [5, 5.41) is 14.0. The van der Waals surface area contributed by atoms with Gasteiger partial charge in [0.15, 0.2) is 5.96 Å². The first-order valence-electron chi connectivity index (χ1n) is 9.13. The van der Waals surface area contributed by atoms with Crippen LogP contribution in [0, 0.1) is 0 Å². The summed E-state index contributed by atoms with van der Waals surface area (Å²) in [5.74, 6) is 1.28. The molecule has 0 spiro atoms. The summed E-state index contributed by atoms with van der Waals surface area (Å²) in [6, 6.07) is 5.17. The third-order valence-electron chi connectivity index (χ3n) is 3.81. The van der Waals surface area contributed by atoms with E-state index in [2.05, 4.69) is 25.8 Å². The smallest absolute Gasteiger partial charge is 0.419 e. The van der Waals surface area contributed by atoms with Crippen molar-refractivity contribution in [1.82, 2.24) is 25.4 Å². The number of aryl methyl sites for hydroxylation is 1. The SMILES string of the molecule is CCNC(=NCCn1cnnc1CC)NCCOc1ccccc1C(F)(F)F. The quantitative estimate of drug-likeness (QED) is 0.386. The zero-order valence-corrected chi connectivity index (χ0v) is 16.0. The summed E-state index contributed by atoms with van der Waals surface area (Å²) in [6.45, 7) is 6.14. The molecule has 2 N–H and O–H groups in total. The third kappa shape index (κ3) is 6.43. The van der Waals surface area contributed by atoms with E-state index in [-0.39, 0.29) is 12.4 Å². The molecule has 154 valence electrons. The van der Waals surface area contributed by atoms with Crippen LogP contribution in [0.15, 0.2) is 35.6 Å². The van der Waals surface area contributed by atoms with Crippen LogP contribution in [0.3, 0.4) is 0 Å². The van der Waals surface area contributed by atoms with Crippen molar-refractivity contribution in [3.8, 4) is 5.75 Å². The van der Waals surface area contributed by atoms with E-state index in [1.165, 1.54) is 18.2 Å². The van der Waals surface area contributed by atoms with Gasteiger partial charge < -0.3 is 19.9 Å². The maximum absolute atomic E-state index is 13.0. The minimum absolute atomic E-state index is 0.0724. The van der Waals surface area contributed by atoms with E-state index in [0.717, 1.165) is 18.3 Å². The average Bonchev–Trinajstić information content (AvgIpc) is 3.12. The number of rotatable bonds is 9. The Balaban J connectivity index is 1.83. The van der Waals surface area contributed by atoms with Crippen LogP contribution in [0.25, 0.3) is 0 Å². The molecule has 1 aromatic heterocycles. The fourth-order valence-electron chi connectivity index (χ4n) is 2.51. The molecule has 0 unspecified atom stereocenters. The third-order valence-corrected chi connectivity index (χ3v) is 3.81. The molecule has 0 aliphatic rings. The molecule has 0 saturated heterocycles. The average molecular weight is 398 g/mol. The highest BCUT2D eigenvalue weighted by molar-refractivity contribution is 5.79. The van der Waals surface area contributed by atoms with Crippen LogP contribution in [0.2, 0.25) is 0 Å². The molecular weight excluding hydrogens is 373 g/mol. The van der Waals surface area contributed by atoms with E-state index in [4.69, 9.17) is 4.74 Å². The van der Waals surface area contributed by atoms with Gasteiger partial charge in [-0.2, -0.15) is 13.2 Å². The van der Waals surface area contributed by atoms with Crippen LogP contribution in [-0.4, -0.2) is 47.0 Å². The van der Waals surface area contributed by atoms with E-state index in [9.17, 15) is 13.2 Å². The van der Waals surface area contributed by atoms with E-state index >= 15 is 0 Å². The second-order valence-electron chi connectivity index (χ2n) is 5.82. The summed E-state index contributed by atoms with van der Waals surface area (Å²) >= 11 is 0. The number of nitrogens with one attached hydrogen (secondary N) is 2. The standard InChI is InChI=1S/C18H25F3N6O/c1-3-16-26-25-13-27(16)11-9-23-17(22-4-2)24-10-12-28-15-8-6-5-7-14(15)18(19,20)21/h5-8,13H,3-4,9-12H2,1-2H3,(H2,22,23,24). The predicted octanol–water partition coefficient (Wildman–Crippen LogP) is 2.49. The van der Waals surface area contributed by atoms with Crippen LogP contribution < -0.4 is 15.4 Å². The van der Waals surface area contributed by atoms with E-state index in [0.29, 0.717) is 32.1 Å². The van der Waals surface area contributed by atoms with Crippen molar-refractivity contribution in [3.63, 3.8) is 0 Å². The largest absolute Gasteiger partial charge is 0.491 e. The van der Waals surface area contributed by atoms with Gasteiger partial charge in [-0.05, 0) is 19.1 Å². The van der Waals surface area contributed by atoms with Gasteiger partial charge in [0, 0.05) is 19.5 Å². The number of alkyl halides is 3. The van der Waals surface area contributed by atoms with Gasteiger partial charge in [-0.1, -0.05) is 19.1 Å². The zero-order valence-electron chi connectivity index (χ0n) is 16.0. The Morgan fingerprint density at radius 3 is 2.71 bits per heavy atom. The van der Waals surface area contributed by atoms with Gasteiger partial charge in [-0.25, -0.2) is 0 Å². The number of hydrogen-bond donors (Lipinski definition) is 2. The van der Waals surface area contributed by atoms with Gasteiger partial charge in [0.2, 0.25) is 0 Å². The topological polar surface area (TPSA) is 76.4 Å². The summed E-state index contributed by atoms with van der Waals surface area (Å²) in [6.07, 6.45) is -1.99. The van der Waals surface area contributed by atoms with Crippen molar-refractivity contribution in [2.24, 2.45) is 4.99 Å². The van der Waals surface area contributed by atoms with Crippen molar-refractivity contribution >= 4 is 5.96 Å².